The van der Waals surface area contributed by atoms with Crippen LogP contribution in [0.3, 0.4) is 0 Å². The number of nitrogens with one attached hydrogen (secondary N) is 1. The van der Waals surface area contributed by atoms with E-state index in [1.165, 1.54) is 24.0 Å². The molecule has 1 N–H and O–H groups in total. The van der Waals surface area contributed by atoms with Gasteiger partial charge in [0, 0.05) is 6.04 Å². The van der Waals surface area contributed by atoms with Crippen molar-refractivity contribution in [1.82, 2.24) is 5.32 Å². The van der Waals surface area contributed by atoms with Crippen molar-refractivity contribution >= 4 is 0 Å². The van der Waals surface area contributed by atoms with E-state index >= 15 is 0 Å². The molecule has 2 unspecified atom stereocenters. The van der Waals surface area contributed by atoms with Crippen LogP contribution in [-0.4, -0.2) is 13.7 Å². The summed E-state index contributed by atoms with van der Waals surface area (Å²) in [6.45, 7) is 10.3. The van der Waals surface area contributed by atoms with Gasteiger partial charge < -0.3 is 10.1 Å². The van der Waals surface area contributed by atoms with Gasteiger partial charge in [-0.3, -0.25) is 0 Å². The average molecular weight is 261 g/mol. The molecule has 1 aliphatic rings. The van der Waals surface area contributed by atoms with Gasteiger partial charge in [0.2, 0.25) is 0 Å². The second-order valence-corrected chi connectivity index (χ2v) is 6.92. The van der Waals surface area contributed by atoms with Crippen LogP contribution in [0.15, 0.2) is 18.2 Å². The Morgan fingerprint density at radius 3 is 2.63 bits per heavy atom. The fraction of sp³-hybridized carbons (Fsp3) is 0.647. The van der Waals surface area contributed by atoms with E-state index in [-0.39, 0.29) is 5.41 Å². The molecule has 1 aliphatic heterocycles. The average Bonchev–Trinajstić information content (AvgIpc) is 2.33. The summed E-state index contributed by atoms with van der Waals surface area (Å²) in [7, 11) is 1.74. The lowest BCUT2D eigenvalue weighted by Gasteiger charge is -2.36. The van der Waals surface area contributed by atoms with Crippen LogP contribution in [0, 0.1) is 11.3 Å². The predicted octanol–water partition coefficient (Wildman–Crippen LogP) is 3.95. The number of ether oxygens (including phenoxy) is 1. The Bertz CT molecular complexity index is 433. The number of fused-ring (bicyclic) bond motifs is 1. The molecule has 2 nitrogen and oxygen atoms in total. The molecule has 0 aromatic heterocycles. The van der Waals surface area contributed by atoms with Crippen molar-refractivity contribution < 1.29 is 4.74 Å². The van der Waals surface area contributed by atoms with E-state index in [0.717, 1.165) is 18.2 Å². The molecular formula is C17H27NO. The molecule has 0 bridgehead atoms. The number of methoxy groups -OCH3 is 1. The maximum Gasteiger partial charge on any atom is 0.119 e. The third kappa shape index (κ3) is 3.30. The summed E-state index contributed by atoms with van der Waals surface area (Å²) in [6, 6.07) is 6.94. The number of rotatable bonds is 1. The Hall–Kier alpha value is -1.02. The maximum absolute atomic E-state index is 5.41. The van der Waals surface area contributed by atoms with E-state index in [1.54, 1.807) is 7.11 Å². The zero-order valence-electron chi connectivity index (χ0n) is 12.9. The highest BCUT2D eigenvalue weighted by Gasteiger charge is 2.29. The molecule has 2 atom stereocenters. The van der Waals surface area contributed by atoms with Gasteiger partial charge in [-0.15, -0.1) is 0 Å². The Morgan fingerprint density at radius 2 is 2.00 bits per heavy atom. The van der Waals surface area contributed by atoms with Crippen molar-refractivity contribution in [3.63, 3.8) is 0 Å². The van der Waals surface area contributed by atoms with Crippen LogP contribution >= 0.6 is 0 Å². The molecular weight excluding hydrogens is 234 g/mol. The number of aryl methyl sites for hydroxylation is 1. The third-order valence-electron chi connectivity index (χ3n) is 4.11. The number of hydrogen-bond acceptors (Lipinski definition) is 2. The topological polar surface area (TPSA) is 21.3 Å². The minimum Gasteiger partial charge on any atom is -0.497 e. The van der Waals surface area contributed by atoms with Gasteiger partial charge in [-0.05, 0) is 54.0 Å². The van der Waals surface area contributed by atoms with Gasteiger partial charge in [0.05, 0.1) is 7.11 Å². The van der Waals surface area contributed by atoms with E-state index in [1.807, 2.05) is 0 Å². The molecule has 0 amide bonds. The van der Waals surface area contributed by atoms with Gasteiger partial charge in [-0.25, -0.2) is 0 Å². The number of hydrogen-bond donors (Lipinski definition) is 1. The fourth-order valence-electron chi connectivity index (χ4n) is 2.90. The molecule has 2 heteroatoms. The molecule has 0 aliphatic carbocycles. The van der Waals surface area contributed by atoms with E-state index in [4.69, 9.17) is 4.74 Å². The Balaban J connectivity index is 2.45. The molecule has 0 saturated heterocycles. The largest absolute Gasteiger partial charge is 0.497 e. The Morgan fingerprint density at radius 1 is 1.26 bits per heavy atom. The molecule has 19 heavy (non-hydrogen) atoms. The quantitative estimate of drug-likeness (QED) is 0.826. The monoisotopic (exact) mass is 261 g/mol. The first-order valence-electron chi connectivity index (χ1n) is 7.32. The standard InChI is InChI=1S/C17H27NO/c1-12-6-7-13-8-9-14(19-5)10-15(13)16(18-11-12)17(2,3)4/h8-10,12,16,18H,6-7,11H2,1-5H3. The highest BCUT2D eigenvalue weighted by Crippen LogP contribution is 2.38. The summed E-state index contributed by atoms with van der Waals surface area (Å²) in [5.41, 5.74) is 3.09. The van der Waals surface area contributed by atoms with Crippen LogP contribution in [0.2, 0.25) is 0 Å². The first-order chi connectivity index (χ1) is 8.91. The van der Waals surface area contributed by atoms with Gasteiger partial charge in [-0.1, -0.05) is 33.8 Å². The maximum atomic E-state index is 5.41. The van der Waals surface area contributed by atoms with E-state index in [2.05, 4.69) is 51.2 Å². The van der Waals surface area contributed by atoms with Gasteiger partial charge in [0.1, 0.15) is 5.75 Å². The normalized spacial score (nSPS) is 24.3. The minimum atomic E-state index is 0.207. The van der Waals surface area contributed by atoms with Crippen LogP contribution < -0.4 is 10.1 Å². The zero-order valence-corrected chi connectivity index (χ0v) is 12.9. The van der Waals surface area contributed by atoms with Crippen LogP contribution in [-0.2, 0) is 6.42 Å². The summed E-state index contributed by atoms with van der Waals surface area (Å²) < 4.78 is 5.41. The van der Waals surface area contributed by atoms with Crippen molar-refractivity contribution in [3.8, 4) is 5.75 Å². The van der Waals surface area contributed by atoms with Gasteiger partial charge in [0.25, 0.3) is 0 Å². The van der Waals surface area contributed by atoms with Crippen LogP contribution in [0.1, 0.15) is 51.3 Å². The van der Waals surface area contributed by atoms with Crippen LogP contribution in [0.25, 0.3) is 0 Å². The number of benzene rings is 1. The van der Waals surface area contributed by atoms with Gasteiger partial charge >= 0.3 is 0 Å². The first-order valence-corrected chi connectivity index (χ1v) is 7.32. The molecule has 2 rings (SSSR count). The van der Waals surface area contributed by atoms with E-state index in [0.29, 0.717) is 6.04 Å². The van der Waals surface area contributed by atoms with Crippen LogP contribution in [0.5, 0.6) is 5.75 Å². The summed E-state index contributed by atoms with van der Waals surface area (Å²) in [5.74, 6) is 1.70. The van der Waals surface area contributed by atoms with E-state index in [9.17, 15) is 0 Å². The molecule has 0 radical (unpaired) electrons. The zero-order chi connectivity index (χ0) is 14.0. The molecule has 1 aromatic rings. The van der Waals surface area contributed by atoms with Crippen molar-refractivity contribution in [1.29, 1.82) is 0 Å². The lowest BCUT2D eigenvalue weighted by Crippen LogP contribution is -2.37. The van der Waals surface area contributed by atoms with Crippen LogP contribution in [0.4, 0.5) is 0 Å². The summed E-state index contributed by atoms with van der Waals surface area (Å²) in [4.78, 5) is 0. The van der Waals surface area contributed by atoms with Crippen molar-refractivity contribution in [2.24, 2.45) is 11.3 Å². The molecule has 0 fully saturated rings. The van der Waals surface area contributed by atoms with Crippen molar-refractivity contribution in [3.05, 3.63) is 29.3 Å². The molecule has 1 heterocycles. The Kier molecular flexibility index (Phi) is 4.19. The molecule has 1 aromatic carbocycles. The summed E-state index contributed by atoms with van der Waals surface area (Å²) in [5, 5.41) is 3.76. The second-order valence-electron chi connectivity index (χ2n) is 6.92. The smallest absolute Gasteiger partial charge is 0.119 e. The highest BCUT2D eigenvalue weighted by atomic mass is 16.5. The van der Waals surface area contributed by atoms with E-state index < -0.39 is 0 Å². The summed E-state index contributed by atoms with van der Waals surface area (Å²) >= 11 is 0. The fourth-order valence-corrected chi connectivity index (χ4v) is 2.90. The molecule has 106 valence electrons. The van der Waals surface area contributed by atoms with Gasteiger partial charge in [-0.2, -0.15) is 0 Å². The van der Waals surface area contributed by atoms with Gasteiger partial charge in [0.15, 0.2) is 0 Å². The lowest BCUT2D eigenvalue weighted by atomic mass is 9.78. The van der Waals surface area contributed by atoms with Crippen molar-refractivity contribution in [2.75, 3.05) is 13.7 Å². The highest BCUT2D eigenvalue weighted by molar-refractivity contribution is 5.39. The van der Waals surface area contributed by atoms with Crippen molar-refractivity contribution in [2.45, 2.75) is 46.6 Å². The second kappa shape index (κ2) is 5.54. The first kappa shape index (κ1) is 14.4. The minimum absolute atomic E-state index is 0.207. The molecule has 0 saturated carbocycles. The molecule has 0 spiro atoms. The Labute approximate surface area is 117 Å². The SMILES string of the molecule is COc1ccc2c(c1)C(C(C)(C)C)NCC(C)CC2. The third-order valence-corrected chi connectivity index (χ3v) is 4.11. The lowest BCUT2D eigenvalue weighted by molar-refractivity contribution is 0.252. The predicted molar refractivity (Wildman–Crippen MR) is 80.7 cm³/mol. The summed E-state index contributed by atoms with van der Waals surface area (Å²) in [6.07, 6.45) is 2.43.